The Hall–Kier alpha value is -2.24. The third kappa shape index (κ3) is 3.65. The molecule has 0 saturated heterocycles. The van der Waals surface area contributed by atoms with E-state index in [1.165, 1.54) is 17.0 Å². The standard InChI is InChI=1S/C15H19NO5/c1-15(2,3)21-14(19)16-4-5-20-13-7-12(18)11(9-17)6-10(13)8-16/h6-7,9,18H,4-5,8H2,1-3H3. The molecule has 1 N–H and O–H groups in total. The molecule has 1 aromatic carbocycles. The van der Waals surface area contributed by atoms with Gasteiger partial charge >= 0.3 is 6.09 Å². The molecule has 6 heteroatoms. The van der Waals surface area contributed by atoms with Gasteiger partial charge in [0.1, 0.15) is 23.7 Å². The fourth-order valence-electron chi connectivity index (χ4n) is 2.02. The lowest BCUT2D eigenvalue weighted by molar-refractivity contribution is 0.0225. The van der Waals surface area contributed by atoms with Crippen LogP contribution < -0.4 is 4.74 Å². The van der Waals surface area contributed by atoms with Crippen molar-refractivity contribution in [1.82, 2.24) is 4.90 Å². The Morgan fingerprint density at radius 1 is 1.43 bits per heavy atom. The fraction of sp³-hybridized carbons (Fsp3) is 0.467. The maximum Gasteiger partial charge on any atom is 0.410 e. The molecule has 0 aromatic heterocycles. The van der Waals surface area contributed by atoms with Gasteiger partial charge in [0.2, 0.25) is 0 Å². The summed E-state index contributed by atoms with van der Waals surface area (Å²) in [6, 6.07) is 2.93. The van der Waals surface area contributed by atoms with Crippen LogP contribution in [0.4, 0.5) is 4.79 Å². The Morgan fingerprint density at radius 2 is 2.14 bits per heavy atom. The largest absolute Gasteiger partial charge is 0.507 e. The number of benzene rings is 1. The second-order valence-electron chi connectivity index (χ2n) is 5.89. The molecule has 6 nitrogen and oxygen atoms in total. The van der Waals surface area contributed by atoms with Gasteiger partial charge in [-0.25, -0.2) is 4.79 Å². The van der Waals surface area contributed by atoms with Crippen molar-refractivity contribution < 1.29 is 24.2 Å². The van der Waals surface area contributed by atoms with Gasteiger partial charge in [0.15, 0.2) is 6.29 Å². The number of nitrogens with zero attached hydrogens (tertiary/aromatic N) is 1. The lowest BCUT2D eigenvalue weighted by Gasteiger charge is -2.26. The molecule has 0 spiro atoms. The highest BCUT2D eigenvalue weighted by molar-refractivity contribution is 5.80. The van der Waals surface area contributed by atoms with E-state index >= 15 is 0 Å². The van der Waals surface area contributed by atoms with E-state index in [1.54, 1.807) is 20.8 Å². The van der Waals surface area contributed by atoms with Crippen molar-refractivity contribution in [3.8, 4) is 11.5 Å². The quantitative estimate of drug-likeness (QED) is 0.804. The summed E-state index contributed by atoms with van der Waals surface area (Å²) in [6.07, 6.45) is 0.137. The number of aldehydes is 1. The molecule has 1 heterocycles. The molecular formula is C15H19NO5. The van der Waals surface area contributed by atoms with Crippen LogP contribution in [0.3, 0.4) is 0 Å². The van der Waals surface area contributed by atoms with E-state index in [2.05, 4.69) is 0 Å². The van der Waals surface area contributed by atoms with Gasteiger partial charge in [0.25, 0.3) is 0 Å². The van der Waals surface area contributed by atoms with Crippen LogP contribution in [0.1, 0.15) is 36.7 Å². The number of aromatic hydroxyl groups is 1. The maximum atomic E-state index is 12.1. The second kappa shape index (κ2) is 5.63. The molecule has 1 aliphatic rings. The van der Waals surface area contributed by atoms with Crippen LogP contribution in [0.15, 0.2) is 12.1 Å². The second-order valence-corrected chi connectivity index (χ2v) is 5.89. The van der Waals surface area contributed by atoms with Gasteiger partial charge in [-0.2, -0.15) is 0 Å². The molecule has 0 radical (unpaired) electrons. The molecule has 1 aliphatic heterocycles. The zero-order valence-electron chi connectivity index (χ0n) is 12.4. The smallest absolute Gasteiger partial charge is 0.410 e. The molecule has 21 heavy (non-hydrogen) atoms. The summed E-state index contributed by atoms with van der Waals surface area (Å²) in [6.45, 7) is 6.35. The van der Waals surface area contributed by atoms with Crippen molar-refractivity contribution in [3.63, 3.8) is 0 Å². The summed E-state index contributed by atoms with van der Waals surface area (Å²) in [5.41, 5.74) is 0.261. The Morgan fingerprint density at radius 3 is 2.76 bits per heavy atom. The lowest BCUT2D eigenvalue weighted by Crippen LogP contribution is -2.37. The van der Waals surface area contributed by atoms with Gasteiger partial charge in [0, 0.05) is 11.6 Å². The highest BCUT2D eigenvalue weighted by Crippen LogP contribution is 2.30. The average Bonchev–Trinajstić information content (AvgIpc) is 2.57. The summed E-state index contributed by atoms with van der Waals surface area (Å²) < 4.78 is 10.9. The first-order chi connectivity index (χ1) is 9.80. The third-order valence-corrected chi connectivity index (χ3v) is 2.97. The molecule has 0 fully saturated rings. The number of rotatable bonds is 1. The minimum absolute atomic E-state index is 0.130. The minimum atomic E-state index is -0.573. The minimum Gasteiger partial charge on any atom is -0.507 e. The molecule has 0 bridgehead atoms. The van der Waals surface area contributed by atoms with Gasteiger partial charge in [0.05, 0.1) is 18.7 Å². The average molecular weight is 293 g/mol. The fourth-order valence-corrected chi connectivity index (χ4v) is 2.02. The van der Waals surface area contributed by atoms with Crippen LogP contribution in [0.25, 0.3) is 0 Å². The Kier molecular flexibility index (Phi) is 4.06. The third-order valence-electron chi connectivity index (χ3n) is 2.97. The summed E-state index contributed by atoms with van der Waals surface area (Å²) in [7, 11) is 0. The van der Waals surface area contributed by atoms with E-state index in [0.717, 1.165) is 0 Å². The summed E-state index contributed by atoms with van der Waals surface area (Å²) >= 11 is 0. The van der Waals surface area contributed by atoms with Gasteiger partial charge in [-0.1, -0.05) is 0 Å². The van der Waals surface area contributed by atoms with Gasteiger partial charge in [-0.05, 0) is 26.8 Å². The zero-order chi connectivity index (χ0) is 15.6. The molecule has 0 saturated carbocycles. The van der Waals surface area contributed by atoms with Gasteiger partial charge < -0.3 is 19.5 Å². The zero-order valence-corrected chi connectivity index (χ0v) is 12.4. The molecule has 0 atom stereocenters. The van der Waals surface area contributed by atoms with Crippen LogP contribution in [0.2, 0.25) is 0 Å². The van der Waals surface area contributed by atoms with Crippen molar-refractivity contribution in [1.29, 1.82) is 0 Å². The summed E-state index contributed by atoms with van der Waals surface area (Å²) in [4.78, 5) is 24.5. The summed E-state index contributed by atoms with van der Waals surface area (Å²) in [5.74, 6) is 0.346. The first-order valence-corrected chi connectivity index (χ1v) is 6.72. The number of fused-ring (bicyclic) bond motifs is 1. The number of phenolic OH excluding ortho intramolecular Hbond substituents is 1. The number of carbonyl (C=O) groups is 2. The lowest BCUT2D eigenvalue weighted by atomic mass is 10.1. The van der Waals surface area contributed by atoms with Gasteiger partial charge in [-0.15, -0.1) is 0 Å². The number of amides is 1. The van der Waals surface area contributed by atoms with Crippen LogP contribution in [-0.4, -0.2) is 41.1 Å². The number of hydrogen-bond donors (Lipinski definition) is 1. The first-order valence-electron chi connectivity index (χ1n) is 6.72. The first kappa shape index (κ1) is 15.2. The summed E-state index contributed by atoms with van der Waals surface area (Å²) in [5, 5.41) is 9.67. The van der Waals surface area contributed by atoms with Crippen molar-refractivity contribution in [2.24, 2.45) is 0 Å². The molecule has 2 rings (SSSR count). The molecule has 0 unspecified atom stereocenters. The van der Waals surface area contributed by atoms with Crippen LogP contribution >= 0.6 is 0 Å². The van der Waals surface area contributed by atoms with E-state index in [1.807, 2.05) is 0 Å². The molecule has 114 valence electrons. The molecule has 1 aromatic rings. The van der Waals surface area contributed by atoms with Crippen LogP contribution in [-0.2, 0) is 11.3 Å². The predicted molar refractivity (Wildman–Crippen MR) is 75.6 cm³/mol. The highest BCUT2D eigenvalue weighted by Gasteiger charge is 2.25. The number of phenols is 1. The Bertz CT molecular complexity index is 562. The van der Waals surface area contributed by atoms with Crippen molar-refractivity contribution in [3.05, 3.63) is 23.3 Å². The van der Waals surface area contributed by atoms with Crippen molar-refractivity contribution >= 4 is 12.4 Å². The highest BCUT2D eigenvalue weighted by atomic mass is 16.6. The van der Waals surface area contributed by atoms with Crippen LogP contribution in [0, 0.1) is 0 Å². The normalized spacial score (nSPS) is 14.7. The van der Waals surface area contributed by atoms with Gasteiger partial charge in [-0.3, -0.25) is 4.79 Å². The molecular weight excluding hydrogens is 274 g/mol. The molecule has 1 amide bonds. The Balaban J connectivity index is 2.24. The monoisotopic (exact) mass is 293 g/mol. The number of ether oxygens (including phenoxy) is 2. The van der Waals surface area contributed by atoms with E-state index in [-0.39, 0.29) is 17.9 Å². The topological polar surface area (TPSA) is 76.1 Å². The van der Waals surface area contributed by atoms with Crippen LogP contribution in [0.5, 0.6) is 11.5 Å². The van der Waals surface area contributed by atoms with E-state index in [4.69, 9.17) is 9.47 Å². The van der Waals surface area contributed by atoms with E-state index in [0.29, 0.717) is 30.8 Å². The predicted octanol–water partition coefficient (Wildman–Crippen LogP) is 2.33. The van der Waals surface area contributed by atoms with E-state index in [9.17, 15) is 14.7 Å². The van der Waals surface area contributed by atoms with E-state index < -0.39 is 11.7 Å². The number of hydrogen-bond acceptors (Lipinski definition) is 5. The molecule has 0 aliphatic carbocycles. The SMILES string of the molecule is CC(C)(C)OC(=O)N1CCOc2cc(O)c(C=O)cc2C1. The maximum absolute atomic E-state index is 12.1. The van der Waals surface area contributed by atoms with Crippen molar-refractivity contribution in [2.45, 2.75) is 32.9 Å². The number of carbonyl (C=O) groups excluding carboxylic acids is 2. The Labute approximate surface area is 123 Å². The van der Waals surface area contributed by atoms with Crippen molar-refractivity contribution in [2.75, 3.05) is 13.2 Å².